The van der Waals surface area contributed by atoms with Crippen molar-refractivity contribution in [1.29, 1.82) is 0 Å². The van der Waals surface area contributed by atoms with Crippen LogP contribution in [-0.4, -0.2) is 15.9 Å². The molecule has 0 aromatic carbocycles. The number of amides is 1. The Morgan fingerprint density at radius 1 is 1.58 bits per heavy atom. The van der Waals surface area contributed by atoms with Gasteiger partial charge in [-0.15, -0.1) is 0 Å². The molecule has 1 heterocycles. The van der Waals surface area contributed by atoms with Gasteiger partial charge in [-0.3, -0.25) is 4.79 Å². The van der Waals surface area contributed by atoms with Crippen molar-refractivity contribution in [2.24, 2.45) is 5.73 Å². The SMILES string of the molecule is NC(=O)C=Cc1ccnc(N)n1. The third-order valence-electron chi connectivity index (χ3n) is 1.11. The minimum Gasteiger partial charge on any atom is -0.368 e. The van der Waals surface area contributed by atoms with Crippen LogP contribution in [0.1, 0.15) is 5.69 Å². The summed E-state index contributed by atoms with van der Waals surface area (Å²) in [6.07, 6.45) is 4.19. The van der Waals surface area contributed by atoms with E-state index >= 15 is 0 Å². The van der Waals surface area contributed by atoms with Crippen molar-refractivity contribution in [1.82, 2.24) is 9.97 Å². The van der Waals surface area contributed by atoms with Crippen LogP contribution in [-0.2, 0) is 4.79 Å². The quantitative estimate of drug-likeness (QED) is 0.579. The zero-order valence-electron chi connectivity index (χ0n) is 6.27. The van der Waals surface area contributed by atoms with E-state index in [9.17, 15) is 4.79 Å². The molecule has 0 radical (unpaired) electrons. The van der Waals surface area contributed by atoms with Crippen LogP contribution in [0.15, 0.2) is 18.3 Å². The number of primary amides is 1. The van der Waals surface area contributed by atoms with E-state index in [4.69, 9.17) is 11.5 Å². The second-order valence-corrected chi connectivity index (χ2v) is 2.08. The van der Waals surface area contributed by atoms with E-state index in [2.05, 4.69) is 9.97 Å². The van der Waals surface area contributed by atoms with Gasteiger partial charge in [0.1, 0.15) is 0 Å². The standard InChI is InChI=1S/C7H8N4O/c8-6(12)2-1-5-3-4-10-7(9)11-5/h1-4H,(H2,8,12)(H2,9,10,11). The zero-order valence-corrected chi connectivity index (χ0v) is 6.27. The lowest BCUT2D eigenvalue weighted by atomic mass is 10.3. The van der Waals surface area contributed by atoms with Crippen molar-refractivity contribution in [3.63, 3.8) is 0 Å². The molecule has 0 aliphatic carbocycles. The van der Waals surface area contributed by atoms with E-state index in [1.807, 2.05) is 0 Å². The average Bonchev–Trinajstić information content (AvgIpc) is 2.01. The molecule has 1 aromatic heterocycles. The van der Waals surface area contributed by atoms with Crippen LogP contribution < -0.4 is 11.5 Å². The van der Waals surface area contributed by atoms with Gasteiger partial charge in [0.25, 0.3) is 0 Å². The van der Waals surface area contributed by atoms with E-state index in [-0.39, 0.29) is 5.95 Å². The van der Waals surface area contributed by atoms with Gasteiger partial charge < -0.3 is 11.5 Å². The molecule has 1 amide bonds. The molecule has 0 atom stereocenters. The molecule has 0 aliphatic heterocycles. The highest BCUT2D eigenvalue weighted by Crippen LogP contribution is 1.98. The number of nitrogens with two attached hydrogens (primary N) is 2. The molecule has 0 bridgehead atoms. The van der Waals surface area contributed by atoms with Crippen LogP contribution in [0.25, 0.3) is 6.08 Å². The van der Waals surface area contributed by atoms with Gasteiger partial charge in [-0.2, -0.15) is 0 Å². The first kappa shape index (κ1) is 8.19. The fraction of sp³-hybridized carbons (Fsp3) is 0. The van der Waals surface area contributed by atoms with E-state index < -0.39 is 5.91 Å². The highest BCUT2D eigenvalue weighted by atomic mass is 16.1. The van der Waals surface area contributed by atoms with Gasteiger partial charge in [-0.25, -0.2) is 9.97 Å². The van der Waals surface area contributed by atoms with E-state index in [1.54, 1.807) is 6.07 Å². The van der Waals surface area contributed by atoms with Gasteiger partial charge in [0.2, 0.25) is 11.9 Å². The summed E-state index contributed by atoms with van der Waals surface area (Å²) in [5, 5.41) is 0. The molecule has 0 aliphatic rings. The molecule has 4 N–H and O–H groups in total. The maximum absolute atomic E-state index is 10.3. The van der Waals surface area contributed by atoms with Crippen LogP contribution in [0.3, 0.4) is 0 Å². The fourth-order valence-corrected chi connectivity index (χ4v) is 0.649. The third-order valence-corrected chi connectivity index (χ3v) is 1.11. The van der Waals surface area contributed by atoms with Crippen LogP contribution >= 0.6 is 0 Å². The summed E-state index contributed by atoms with van der Waals surface area (Å²) >= 11 is 0. The van der Waals surface area contributed by atoms with Crippen molar-refractivity contribution in [3.8, 4) is 0 Å². The van der Waals surface area contributed by atoms with Crippen LogP contribution in [0.4, 0.5) is 5.95 Å². The first-order valence-electron chi connectivity index (χ1n) is 3.24. The summed E-state index contributed by atoms with van der Waals surface area (Å²) in [7, 11) is 0. The third kappa shape index (κ3) is 2.37. The first-order valence-corrected chi connectivity index (χ1v) is 3.24. The molecule has 0 saturated carbocycles. The Hall–Kier alpha value is -1.91. The number of aromatic nitrogens is 2. The van der Waals surface area contributed by atoms with E-state index in [0.717, 1.165) is 0 Å². The predicted octanol–water partition coefficient (Wildman–Crippen LogP) is -0.443. The largest absolute Gasteiger partial charge is 0.368 e. The molecule has 62 valence electrons. The lowest BCUT2D eigenvalue weighted by Crippen LogP contribution is -2.05. The number of carbonyl (C=O) groups excluding carboxylic acids is 1. The highest BCUT2D eigenvalue weighted by Gasteiger charge is 1.90. The Kier molecular flexibility index (Phi) is 2.37. The number of rotatable bonds is 2. The summed E-state index contributed by atoms with van der Waals surface area (Å²) < 4.78 is 0. The molecule has 12 heavy (non-hydrogen) atoms. The van der Waals surface area contributed by atoms with Crippen molar-refractivity contribution in [2.75, 3.05) is 5.73 Å². The molecular weight excluding hydrogens is 156 g/mol. The average molecular weight is 164 g/mol. The minimum absolute atomic E-state index is 0.168. The second kappa shape index (κ2) is 3.47. The zero-order chi connectivity index (χ0) is 8.97. The highest BCUT2D eigenvalue weighted by molar-refractivity contribution is 5.89. The Morgan fingerprint density at radius 3 is 2.92 bits per heavy atom. The summed E-state index contributed by atoms with van der Waals surface area (Å²) in [6, 6.07) is 1.62. The molecule has 0 fully saturated rings. The second-order valence-electron chi connectivity index (χ2n) is 2.08. The maximum atomic E-state index is 10.3. The van der Waals surface area contributed by atoms with Gasteiger partial charge in [-0.1, -0.05) is 0 Å². The number of nitrogens with zero attached hydrogens (tertiary/aromatic N) is 2. The molecule has 0 saturated heterocycles. The molecule has 1 rings (SSSR count). The number of hydrogen-bond donors (Lipinski definition) is 2. The smallest absolute Gasteiger partial charge is 0.241 e. The lowest BCUT2D eigenvalue weighted by molar-refractivity contribution is -0.113. The van der Waals surface area contributed by atoms with Gasteiger partial charge >= 0.3 is 0 Å². The summed E-state index contributed by atoms with van der Waals surface area (Å²) in [4.78, 5) is 17.8. The number of hydrogen-bond acceptors (Lipinski definition) is 4. The Bertz CT molecular complexity index is 321. The van der Waals surface area contributed by atoms with Gasteiger partial charge in [0, 0.05) is 12.3 Å². The molecular formula is C7H8N4O. The lowest BCUT2D eigenvalue weighted by Gasteiger charge is -1.92. The molecule has 1 aromatic rings. The number of carbonyl (C=O) groups is 1. The predicted molar refractivity (Wildman–Crippen MR) is 44.7 cm³/mol. The summed E-state index contributed by atoms with van der Waals surface area (Å²) in [6.45, 7) is 0. The minimum atomic E-state index is -0.521. The van der Waals surface area contributed by atoms with Gasteiger partial charge in [-0.05, 0) is 12.1 Å². The Labute approximate surface area is 69.1 Å². The van der Waals surface area contributed by atoms with Gasteiger partial charge in [0.05, 0.1) is 5.69 Å². The van der Waals surface area contributed by atoms with Crippen molar-refractivity contribution < 1.29 is 4.79 Å². The fourth-order valence-electron chi connectivity index (χ4n) is 0.649. The maximum Gasteiger partial charge on any atom is 0.241 e. The topological polar surface area (TPSA) is 94.9 Å². The molecule has 5 heteroatoms. The van der Waals surface area contributed by atoms with Gasteiger partial charge in [0.15, 0.2) is 0 Å². The normalized spacial score (nSPS) is 10.3. The Balaban J connectivity index is 2.83. The summed E-state index contributed by atoms with van der Waals surface area (Å²) in [5.74, 6) is -0.353. The first-order chi connectivity index (χ1) is 5.68. The number of anilines is 1. The Morgan fingerprint density at radius 2 is 2.33 bits per heavy atom. The van der Waals surface area contributed by atoms with E-state index in [0.29, 0.717) is 5.69 Å². The van der Waals surface area contributed by atoms with Crippen LogP contribution in [0, 0.1) is 0 Å². The monoisotopic (exact) mass is 164 g/mol. The van der Waals surface area contributed by atoms with Crippen LogP contribution in [0.2, 0.25) is 0 Å². The number of nitrogen functional groups attached to an aromatic ring is 1. The van der Waals surface area contributed by atoms with Crippen molar-refractivity contribution >= 4 is 17.9 Å². The van der Waals surface area contributed by atoms with Crippen molar-refractivity contribution in [3.05, 3.63) is 24.0 Å². The van der Waals surface area contributed by atoms with Crippen LogP contribution in [0.5, 0.6) is 0 Å². The molecule has 0 unspecified atom stereocenters. The van der Waals surface area contributed by atoms with E-state index in [1.165, 1.54) is 18.3 Å². The van der Waals surface area contributed by atoms with Crippen molar-refractivity contribution in [2.45, 2.75) is 0 Å². The molecule has 5 nitrogen and oxygen atoms in total. The summed E-state index contributed by atoms with van der Waals surface area (Å²) in [5.41, 5.74) is 10.7. The molecule has 0 spiro atoms.